The second kappa shape index (κ2) is 7.65. The zero-order chi connectivity index (χ0) is 15.0. The minimum Gasteiger partial charge on any atom is -0.384 e. The van der Waals surface area contributed by atoms with Crippen molar-refractivity contribution < 1.29 is 18.3 Å². The third-order valence-corrected chi connectivity index (χ3v) is 3.21. The molecule has 0 aromatic heterocycles. The first-order valence-corrected chi connectivity index (χ1v) is 7.62. The van der Waals surface area contributed by atoms with E-state index in [9.17, 15) is 13.2 Å². The van der Waals surface area contributed by atoms with Gasteiger partial charge in [0.2, 0.25) is 10.0 Å². The number of hydrogen-bond acceptors (Lipinski definition) is 4. The molecule has 108 valence electrons. The molecular formula is C13H16N2O4S. The number of rotatable bonds is 5. The van der Waals surface area contributed by atoms with Crippen molar-refractivity contribution >= 4 is 15.9 Å². The van der Waals surface area contributed by atoms with E-state index < -0.39 is 10.0 Å². The van der Waals surface area contributed by atoms with Crippen molar-refractivity contribution in [1.29, 1.82) is 0 Å². The van der Waals surface area contributed by atoms with Gasteiger partial charge in [0.1, 0.15) is 6.61 Å². The fourth-order valence-electron chi connectivity index (χ4n) is 1.42. The molecule has 1 aromatic rings. The largest absolute Gasteiger partial charge is 0.384 e. The lowest BCUT2D eigenvalue weighted by molar-refractivity contribution is 0.0953. The van der Waals surface area contributed by atoms with Gasteiger partial charge in [-0.05, 0) is 30.7 Å². The predicted octanol–water partition coefficient (Wildman–Crippen LogP) is -0.561. The van der Waals surface area contributed by atoms with Crippen molar-refractivity contribution in [1.82, 2.24) is 5.32 Å². The number of amides is 1. The summed E-state index contributed by atoms with van der Waals surface area (Å²) in [4.78, 5) is 11.7. The van der Waals surface area contributed by atoms with Gasteiger partial charge in [-0.15, -0.1) is 0 Å². The van der Waals surface area contributed by atoms with Crippen molar-refractivity contribution in [2.75, 3.05) is 18.9 Å². The zero-order valence-corrected chi connectivity index (χ0v) is 11.6. The van der Waals surface area contributed by atoms with Gasteiger partial charge in [0.25, 0.3) is 5.91 Å². The lowest BCUT2D eigenvalue weighted by Crippen LogP contribution is -2.27. The molecule has 0 unspecified atom stereocenters. The number of carbonyl (C=O) groups is 1. The monoisotopic (exact) mass is 296 g/mol. The van der Waals surface area contributed by atoms with Crippen LogP contribution in [0.5, 0.6) is 0 Å². The van der Waals surface area contributed by atoms with Crippen LogP contribution in [0.25, 0.3) is 0 Å². The van der Waals surface area contributed by atoms with Gasteiger partial charge in [-0.3, -0.25) is 4.79 Å². The first kappa shape index (κ1) is 16.2. The Kier molecular flexibility index (Phi) is 6.18. The summed E-state index contributed by atoms with van der Waals surface area (Å²) in [5.41, 5.74) is 1.15. The second-order valence-corrected chi connectivity index (χ2v) is 5.75. The molecule has 6 nitrogen and oxygen atoms in total. The molecule has 7 heteroatoms. The minimum atomic E-state index is -3.49. The van der Waals surface area contributed by atoms with Crippen molar-refractivity contribution in [2.24, 2.45) is 5.14 Å². The maximum Gasteiger partial charge on any atom is 0.251 e. The molecule has 0 fully saturated rings. The summed E-state index contributed by atoms with van der Waals surface area (Å²) < 4.78 is 21.4. The lowest BCUT2D eigenvalue weighted by Gasteiger charge is -2.04. The Bertz CT molecular complexity index is 612. The van der Waals surface area contributed by atoms with Crippen LogP contribution in [0.1, 0.15) is 22.3 Å². The quantitative estimate of drug-likeness (QED) is 0.499. The van der Waals surface area contributed by atoms with E-state index in [2.05, 4.69) is 17.2 Å². The van der Waals surface area contributed by atoms with Gasteiger partial charge in [-0.1, -0.05) is 11.8 Å². The van der Waals surface area contributed by atoms with Gasteiger partial charge in [-0.25, -0.2) is 13.6 Å². The molecule has 0 heterocycles. The van der Waals surface area contributed by atoms with Crippen molar-refractivity contribution in [3.05, 3.63) is 35.4 Å². The van der Waals surface area contributed by atoms with E-state index in [1.807, 2.05) is 0 Å². The number of sulfonamides is 1. The summed E-state index contributed by atoms with van der Waals surface area (Å²) in [5, 5.41) is 16.0. The van der Waals surface area contributed by atoms with Gasteiger partial charge in [0.05, 0.1) is 5.75 Å². The Hall–Kier alpha value is -1.88. The summed E-state index contributed by atoms with van der Waals surface area (Å²) >= 11 is 0. The molecule has 0 spiro atoms. The number of carbonyl (C=O) groups excluding carboxylic acids is 1. The van der Waals surface area contributed by atoms with Gasteiger partial charge < -0.3 is 10.4 Å². The predicted molar refractivity (Wildman–Crippen MR) is 75.3 cm³/mol. The number of benzene rings is 1. The highest BCUT2D eigenvalue weighted by molar-refractivity contribution is 7.89. The summed E-state index contributed by atoms with van der Waals surface area (Å²) in [6.45, 7) is 0.0214. The molecule has 0 saturated carbocycles. The van der Waals surface area contributed by atoms with Crippen molar-refractivity contribution in [2.45, 2.75) is 6.42 Å². The molecule has 0 aliphatic heterocycles. The smallest absolute Gasteiger partial charge is 0.251 e. The van der Waals surface area contributed by atoms with E-state index in [1.165, 1.54) is 0 Å². The molecule has 0 radical (unpaired) electrons. The third-order valence-electron chi connectivity index (χ3n) is 2.35. The molecular weight excluding hydrogens is 280 g/mol. The fourth-order valence-corrected chi connectivity index (χ4v) is 1.97. The number of aliphatic hydroxyl groups is 1. The molecule has 1 rings (SSSR count). The molecule has 0 aliphatic rings. The van der Waals surface area contributed by atoms with Crippen molar-refractivity contribution in [3.63, 3.8) is 0 Å². The molecule has 1 amide bonds. The molecule has 0 aliphatic carbocycles. The molecule has 0 atom stereocenters. The summed E-state index contributed by atoms with van der Waals surface area (Å²) in [7, 11) is -3.49. The maximum atomic E-state index is 11.7. The Morgan fingerprint density at radius 1 is 1.30 bits per heavy atom. The lowest BCUT2D eigenvalue weighted by atomic mass is 10.1. The summed E-state index contributed by atoms with van der Waals surface area (Å²) in [6.07, 6.45) is 0.268. The van der Waals surface area contributed by atoms with Gasteiger partial charge in [-0.2, -0.15) is 0 Å². The average molecular weight is 296 g/mol. The van der Waals surface area contributed by atoms with E-state index in [0.717, 1.165) is 0 Å². The topological polar surface area (TPSA) is 109 Å². The Balaban J connectivity index is 2.48. The van der Waals surface area contributed by atoms with Crippen LogP contribution >= 0.6 is 0 Å². The normalized spacial score (nSPS) is 10.5. The van der Waals surface area contributed by atoms with E-state index in [1.54, 1.807) is 24.3 Å². The van der Waals surface area contributed by atoms with E-state index in [4.69, 9.17) is 10.2 Å². The number of nitrogens with one attached hydrogen (secondary N) is 1. The molecule has 0 saturated heterocycles. The summed E-state index contributed by atoms with van der Waals surface area (Å²) in [6, 6.07) is 6.55. The van der Waals surface area contributed by atoms with Crippen molar-refractivity contribution in [3.8, 4) is 11.8 Å². The summed E-state index contributed by atoms with van der Waals surface area (Å²) in [5.74, 6) is 4.77. The number of primary sulfonamides is 1. The van der Waals surface area contributed by atoms with Gasteiger partial charge >= 0.3 is 0 Å². The third kappa shape index (κ3) is 6.33. The van der Waals surface area contributed by atoms with Crippen LogP contribution in [0, 0.1) is 11.8 Å². The number of hydrogen-bond donors (Lipinski definition) is 3. The number of aliphatic hydroxyl groups excluding tert-OH is 1. The SMILES string of the molecule is NS(=O)(=O)CCCNC(=O)c1ccc(C#CCO)cc1. The van der Waals surface area contributed by atoms with Crippen LogP contribution in [-0.4, -0.2) is 38.3 Å². The van der Waals surface area contributed by atoms with Crippen LogP contribution in [-0.2, 0) is 10.0 Å². The molecule has 0 bridgehead atoms. The molecule has 1 aromatic carbocycles. The van der Waals surface area contributed by atoms with E-state index in [-0.39, 0.29) is 31.2 Å². The molecule has 20 heavy (non-hydrogen) atoms. The minimum absolute atomic E-state index is 0.164. The number of nitrogens with two attached hydrogens (primary N) is 1. The standard InChI is InChI=1S/C13H16N2O4S/c14-20(18,19)10-2-8-15-13(17)12-6-4-11(5-7-12)3-1-9-16/h4-7,16H,2,8-10H2,(H,15,17)(H2,14,18,19). The average Bonchev–Trinajstić information content (AvgIpc) is 2.40. The van der Waals surface area contributed by atoms with Crippen LogP contribution in [0.3, 0.4) is 0 Å². The highest BCUT2D eigenvalue weighted by atomic mass is 32.2. The Morgan fingerprint density at radius 3 is 2.50 bits per heavy atom. The zero-order valence-electron chi connectivity index (χ0n) is 10.8. The van der Waals surface area contributed by atoms with E-state index in [0.29, 0.717) is 11.1 Å². The molecule has 4 N–H and O–H groups in total. The van der Waals surface area contributed by atoms with Crippen LogP contribution in [0.4, 0.5) is 0 Å². The van der Waals surface area contributed by atoms with E-state index >= 15 is 0 Å². The Morgan fingerprint density at radius 2 is 1.95 bits per heavy atom. The highest BCUT2D eigenvalue weighted by Gasteiger charge is 2.06. The second-order valence-electron chi connectivity index (χ2n) is 4.01. The van der Waals surface area contributed by atoms with Gasteiger partial charge in [0.15, 0.2) is 0 Å². The maximum absolute atomic E-state index is 11.7. The fraction of sp³-hybridized carbons (Fsp3) is 0.308. The van der Waals surface area contributed by atoms with Crippen LogP contribution < -0.4 is 10.5 Å². The Labute approximate surface area is 118 Å². The first-order chi connectivity index (χ1) is 9.42. The van der Waals surface area contributed by atoms with Crippen LogP contribution in [0.15, 0.2) is 24.3 Å². The van der Waals surface area contributed by atoms with Gasteiger partial charge in [0, 0.05) is 17.7 Å². The highest BCUT2D eigenvalue weighted by Crippen LogP contribution is 2.03. The van der Waals surface area contributed by atoms with Crippen LogP contribution in [0.2, 0.25) is 0 Å². The first-order valence-electron chi connectivity index (χ1n) is 5.91.